The van der Waals surface area contributed by atoms with Gasteiger partial charge in [0.05, 0.1) is 22.3 Å². The Morgan fingerprint density at radius 2 is 1.84 bits per heavy atom. The molecule has 0 atom stereocenters. The van der Waals surface area contributed by atoms with Crippen molar-refractivity contribution in [3.8, 4) is 11.3 Å². The normalized spacial score (nSPS) is 11.0. The maximum absolute atomic E-state index is 12.9. The number of carbonyl (C=O) groups is 2. The molecule has 3 aromatic heterocycles. The minimum atomic E-state index is -0.660. The summed E-state index contributed by atoms with van der Waals surface area (Å²) in [4.78, 5) is 31.3. The van der Waals surface area contributed by atoms with Crippen LogP contribution in [0.25, 0.3) is 22.4 Å². The second-order valence-corrected chi connectivity index (χ2v) is 7.19. The van der Waals surface area contributed by atoms with E-state index < -0.39 is 12.6 Å². The first-order chi connectivity index (χ1) is 14.8. The fourth-order valence-electron chi connectivity index (χ4n) is 3.38. The van der Waals surface area contributed by atoms with Crippen molar-refractivity contribution in [2.45, 2.75) is 20.8 Å². The van der Waals surface area contributed by atoms with Crippen molar-refractivity contribution in [1.82, 2.24) is 10.1 Å². The van der Waals surface area contributed by atoms with E-state index in [1.807, 2.05) is 38.1 Å². The number of benzene rings is 1. The Morgan fingerprint density at radius 3 is 2.52 bits per heavy atom. The number of hydrogen-bond acceptors (Lipinski definition) is 7. The highest BCUT2D eigenvalue weighted by Crippen LogP contribution is 2.30. The molecule has 0 aliphatic rings. The van der Waals surface area contributed by atoms with Crippen LogP contribution in [0.15, 0.2) is 51.4 Å². The summed E-state index contributed by atoms with van der Waals surface area (Å²) in [6, 6.07) is 12.6. The van der Waals surface area contributed by atoms with E-state index in [9.17, 15) is 9.59 Å². The van der Waals surface area contributed by atoms with Gasteiger partial charge in [-0.2, -0.15) is 0 Å². The second-order valence-electron chi connectivity index (χ2n) is 7.19. The number of rotatable bonds is 5. The van der Waals surface area contributed by atoms with E-state index in [1.54, 1.807) is 32.2 Å². The van der Waals surface area contributed by atoms with E-state index in [0.29, 0.717) is 28.2 Å². The number of aryl methyl sites for hydroxylation is 3. The highest BCUT2D eigenvalue weighted by molar-refractivity contribution is 6.05. The van der Waals surface area contributed by atoms with Crippen LogP contribution in [0, 0.1) is 20.8 Å². The third kappa shape index (κ3) is 3.92. The lowest BCUT2D eigenvalue weighted by Gasteiger charge is -2.17. The van der Waals surface area contributed by atoms with Crippen molar-refractivity contribution in [3.05, 3.63) is 65.2 Å². The first-order valence-electron chi connectivity index (χ1n) is 9.68. The van der Waals surface area contributed by atoms with Gasteiger partial charge in [-0.1, -0.05) is 23.4 Å². The van der Waals surface area contributed by atoms with Crippen molar-refractivity contribution in [2.24, 2.45) is 0 Å². The molecule has 1 amide bonds. The molecule has 0 aliphatic heterocycles. The molecule has 0 saturated carbocycles. The van der Waals surface area contributed by atoms with Gasteiger partial charge in [-0.05, 0) is 45.0 Å². The first kappa shape index (κ1) is 20.3. The number of furan rings is 1. The van der Waals surface area contributed by atoms with Crippen LogP contribution in [0.5, 0.6) is 0 Å². The summed E-state index contributed by atoms with van der Waals surface area (Å²) < 4.78 is 16.2. The van der Waals surface area contributed by atoms with Crippen molar-refractivity contribution in [3.63, 3.8) is 0 Å². The van der Waals surface area contributed by atoms with Gasteiger partial charge < -0.3 is 18.6 Å². The number of likely N-dealkylation sites (N-methyl/N-ethyl adjacent to an activating group) is 1. The van der Waals surface area contributed by atoms with Gasteiger partial charge >= 0.3 is 5.97 Å². The molecule has 31 heavy (non-hydrogen) atoms. The predicted octanol–water partition coefficient (Wildman–Crippen LogP) is 4.23. The summed E-state index contributed by atoms with van der Waals surface area (Å²) in [5.41, 5.74) is 2.90. The molecule has 0 bridgehead atoms. The van der Waals surface area contributed by atoms with Gasteiger partial charge in [0.1, 0.15) is 11.5 Å². The van der Waals surface area contributed by atoms with Crippen molar-refractivity contribution in [1.29, 1.82) is 0 Å². The summed E-state index contributed by atoms with van der Waals surface area (Å²) in [7, 11) is 1.63. The molecule has 158 valence electrons. The molecule has 0 radical (unpaired) electrons. The standard InChI is InChI=1S/C23H21N3O5/c1-13-10-17(15(3)30-13)19-11-18(21-14(2)25-31-22(21)24-19)23(28)29-12-20(27)26(4)16-8-6-5-7-9-16/h5-11H,12H2,1-4H3. The smallest absolute Gasteiger partial charge is 0.339 e. The molecule has 0 fully saturated rings. The molecular formula is C23H21N3O5. The molecule has 1 aromatic carbocycles. The summed E-state index contributed by atoms with van der Waals surface area (Å²) in [5.74, 6) is 0.377. The van der Waals surface area contributed by atoms with E-state index in [2.05, 4.69) is 10.1 Å². The van der Waals surface area contributed by atoms with Crippen LogP contribution in [0.4, 0.5) is 5.69 Å². The number of carbonyl (C=O) groups excluding carboxylic acids is 2. The molecule has 4 rings (SSSR count). The van der Waals surface area contributed by atoms with Crippen LogP contribution >= 0.6 is 0 Å². The Bertz CT molecular complexity index is 1270. The quantitative estimate of drug-likeness (QED) is 0.446. The van der Waals surface area contributed by atoms with Crippen LogP contribution in [-0.2, 0) is 9.53 Å². The number of nitrogens with zero attached hydrogens (tertiary/aromatic N) is 3. The number of esters is 1. The fourth-order valence-corrected chi connectivity index (χ4v) is 3.38. The zero-order valence-electron chi connectivity index (χ0n) is 17.6. The molecule has 0 N–H and O–H groups in total. The fraction of sp³-hybridized carbons (Fsp3) is 0.217. The minimum absolute atomic E-state index is 0.216. The first-order valence-corrected chi connectivity index (χ1v) is 9.68. The maximum atomic E-state index is 12.9. The second kappa shape index (κ2) is 8.06. The summed E-state index contributed by atoms with van der Waals surface area (Å²) in [6.07, 6.45) is 0. The largest absolute Gasteiger partial charge is 0.466 e. The molecule has 3 heterocycles. The number of para-hydroxylation sites is 1. The number of amides is 1. The Labute approximate surface area is 178 Å². The van der Waals surface area contributed by atoms with Crippen molar-refractivity contribution < 1.29 is 23.3 Å². The van der Waals surface area contributed by atoms with Gasteiger partial charge in [-0.25, -0.2) is 9.78 Å². The predicted molar refractivity (Wildman–Crippen MR) is 114 cm³/mol. The Morgan fingerprint density at radius 1 is 1.10 bits per heavy atom. The van der Waals surface area contributed by atoms with Gasteiger partial charge in [0, 0.05) is 18.3 Å². The SMILES string of the molecule is Cc1cc(-c2cc(C(=O)OCC(=O)N(C)c3ccccc3)c3c(C)noc3n2)c(C)o1. The minimum Gasteiger partial charge on any atom is -0.466 e. The lowest BCUT2D eigenvalue weighted by atomic mass is 10.1. The monoisotopic (exact) mass is 419 g/mol. The Hall–Kier alpha value is -3.94. The van der Waals surface area contributed by atoms with E-state index in [4.69, 9.17) is 13.7 Å². The molecule has 0 unspecified atom stereocenters. The van der Waals surface area contributed by atoms with E-state index >= 15 is 0 Å². The van der Waals surface area contributed by atoms with Crippen LogP contribution < -0.4 is 4.90 Å². The third-order valence-corrected chi connectivity index (χ3v) is 5.00. The molecular weight excluding hydrogens is 398 g/mol. The molecule has 8 nitrogen and oxygen atoms in total. The highest BCUT2D eigenvalue weighted by atomic mass is 16.5. The maximum Gasteiger partial charge on any atom is 0.339 e. The summed E-state index contributed by atoms with van der Waals surface area (Å²) >= 11 is 0. The Balaban J connectivity index is 1.62. The summed E-state index contributed by atoms with van der Waals surface area (Å²) in [5, 5.41) is 4.37. The van der Waals surface area contributed by atoms with Crippen LogP contribution in [0.1, 0.15) is 27.6 Å². The van der Waals surface area contributed by atoms with Gasteiger partial charge in [0.25, 0.3) is 11.6 Å². The topological polar surface area (TPSA) is 98.7 Å². The van der Waals surface area contributed by atoms with Crippen molar-refractivity contribution >= 4 is 28.7 Å². The van der Waals surface area contributed by atoms with Crippen LogP contribution in [0.2, 0.25) is 0 Å². The van der Waals surface area contributed by atoms with E-state index in [0.717, 1.165) is 11.3 Å². The zero-order valence-corrected chi connectivity index (χ0v) is 17.6. The number of fused-ring (bicyclic) bond motifs is 1. The van der Waals surface area contributed by atoms with Crippen LogP contribution in [-0.4, -0.2) is 35.7 Å². The number of anilines is 1. The van der Waals surface area contributed by atoms with Gasteiger partial charge in [0.15, 0.2) is 6.61 Å². The number of pyridine rings is 1. The van der Waals surface area contributed by atoms with E-state index in [-0.39, 0.29) is 17.2 Å². The zero-order chi connectivity index (χ0) is 22.1. The van der Waals surface area contributed by atoms with Crippen molar-refractivity contribution in [2.75, 3.05) is 18.6 Å². The van der Waals surface area contributed by atoms with Gasteiger partial charge in [-0.3, -0.25) is 4.79 Å². The summed E-state index contributed by atoms with van der Waals surface area (Å²) in [6.45, 7) is 4.96. The third-order valence-electron chi connectivity index (χ3n) is 5.00. The Kier molecular flexibility index (Phi) is 5.29. The number of hydrogen-bond donors (Lipinski definition) is 0. The van der Waals surface area contributed by atoms with E-state index in [1.165, 1.54) is 4.90 Å². The van der Waals surface area contributed by atoms with Gasteiger partial charge in [-0.15, -0.1) is 0 Å². The molecule has 0 aliphatic carbocycles. The molecule has 4 aromatic rings. The highest BCUT2D eigenvalue weighted by Gasteiger charge is 2.23. The molecule has 0 spiro atoms. The number of ether oxygens (including phenoxy) is 1. The molecule has 8 heteroatoms. The van der Waals surface area contributed by atoms with Crippen LogP contribution in [0.3, 0.4) is 0 Å². The average Bonchev–Trinajstić information content (AvgIpc) is 3.32. The average molecular weight is 419 g/mol. The lowest BCUT2D eigenvalue weighted by Crippen LogP contribution is -2.31. The van der Waals surface area contributed by atoms with Gasteiger partial charge in [0.2, 0.25) is 0 Å². The molecule has 0 saturated heterocycles. The number of aromatic nitrogens is 2. The lowest BCUT2D eigenvalue weighted by molar-refractivity contribution is -0.121.